The highest BCUT2D eigenvalue weighted by Crippen LogP contribution is 2.35. The third-order valence-electron chi connectivity index (χ3n) is 4.10. The number of sulfonamides is 1. The molecular formula is C16H17FN2O2S. The largest absolute Gasteiger partial charge is 0.263 e. The minimum absolute atomic E-state index is 0.0852. The minimum Gasteiger partial charge on any atom is -0.263 e. The molecule has 2 atom stereocenters. The molecule has 6 heteroatoms. The molecule has 0 bridgehead atoms. The van der Waals surface area contributed by atoms with Gasteiger partial charge in [0, 0.05) is 25.0 Å². The molecule has 2 aromatic rings. The average Bonchev–Trinajstić information content (AvgIpc) is 2.91. The number of pyridine rings is 1. The Morgan fingerprint density at radius 2 is 1.95 bits per heavy atom. The van der Waals surface area contributed by atoms with E-state index >= 15 is 0 Å². The number of hydrogen-bond acceptors (Lipinski definition) is 3. The number of benzene rings is 1. The Bertz CT molecular complexity index is 747. The second-order valence-electron chi connectivity index (χ2n) is 5.60. The van der Waals surface area contributed by atoms with Crippen LogP contribution >= 0.6 is 0 Å². The molecule has 0 N–H and O–H groups in total. The maximum atomic E-state index is 13.0. The maximum Gasteiger partial charge on any atom is 0.244 e. The van der Waals surface area contributed by atoms with E-state index in [1.807, 2.05) is 6.92 Å². The van der Waals surface area contributed by atoms with Crippen LogP contribution in [0, 0.1) is 5.82 Å². The van der Waals surface area contributed by atoms with Gasteiger partial charge in [-0.3, -0.25) is 4.98 Å². The van der Waals surface area contributed by atoms with Gasteiger partial charge in [0.2, 0.25) is 10.0 Å². The Hall–Kier alpha value is -1.79. The van der Waals surface area contributed by atoms with Crippen LogP contribution in [0.3, 0.4) is 0 Å². The smallest absolute Gasteiger partial charge is 0.244 e. The first-order chi connectivity index (χ1) is 10.5. The lowest BCUT2D eigenvalue weighted by atomic mass is 9.97. The lowest BCUT2D eigenvalue weighted by Gasteiger charge is -2.20. The van der Waals surface area contributed by atoms with Crippen molar-refractivity contribution in [3.63, 3.8) is 0 Å². The van der Waals surface area contributed by atoms with Crippen molar-refractivity contribution in [3.05, 3.63) is 60.2 Å². The van der Waals surface area contributed by atoms with Gasteiger partial charge in [-0.05, 0) is 49.1 Å². The van der Waals surface area contributed by atoms with E-state index < -0.39 is 10.0 Å². The fraction of sp³-hybridized carbons (Fsp3) is 0.312. The zero-order valence-electron chi connectivity index (χ0n) is 12.2. The Morgan fingerprint density at radius 3 is 2.59 bits per heavy atom. The van der Waals surface area contributed by atoms with Gasteiger partial charge in [0.25, 0.3) is 0 Å². The third kappa shape index (κ3) is 2.76. The van der Waals surface area contributed by atoms with Crippen molar-refractivity contribution in [3.8, 4) is 0 Å². The fourth-order valence-corrected chi connectivity index (χ4v) is 4.60. The van der Waals surface area contributed by atoms with Gasteiger partial charge in [0.05, 0.1) is 0 Å². The summed E-state index contributed by atoms with van der Waals surface area (Å²) in [6, 6.07) is 9.36. The molecule has 1 aliphatic rings. The summed E-state index contributed by atoms with van der Waals surface area (Å²) in [5.74, 6) is -0.198. The lowest BCUT2D eigenvalue weighted by molar-refractivity contribution is 0.407. The van der Waals surface area contributed by atoms with Crippen LogP contribution in [-0.2, 0) is 10.0 Å². The van der Waals surface area contributed by atoms with Crippen molar-refractivity contribution in [2.75, 3.05) is 6.54 Å². The van der Waals surface area contributed by atoms with E-state index in [1.165, 1.54) is 22.6 Å². The van der Waals surface area contributed by atoms with E-state index in [1.54, 1.807) is 30.5 Å². The van der Waals surface area contributed by atoms with Crippen LogP contribution < -0.4 is 0 Å². The van der Waals surface area contributed by atoms with Crippen LogP contribution in [0.1, 0.15) is 24.8 Å². The molecule has 0 radical (unpaired) electrons. The van der Waals surface area contributed by atoms with Gasteiger partial charge in [-0.25, -0.2) is 12.8 Å². The average molecular weight is 320 g/mol. The Kier molecular flexibility index (Phi) is 3.97. The topological polar surface area (TPSA) is 50.3 Å². The summed E-state index contributed by atoms with van der Waals surface area (Å²) in [6.45, 7) is 2.31. The van der Waals surface area contributed by atoms with Gasteiger partial charge in [-0.2, -0.15) is 4.31 Å². The second kappa shape index (κ2) is 5.78. The maximum absolute atomic E-state index is 13.0. The Labute approximate surface area is 129 Å². The lowest BCUT2D eigenvalue weighted by Crippen LogP contribution is -2.34. The summed E-state index contributed by atoms with van der Waals surface area (Å²) >= 11 is 0. The summed E-state index contributed by atoms with van der Waals surface area (Å²) < 4.78 is 39.9. The summed E-state index contributed by atoms with van der Waals surface area (Å²) in [5, 5.41) is 0. The van der Waals surface area contributed by atoms with Crippen LogP contribution in [0.2, 0.25) is 0 Å². The van der Waals surface area contributed by atoms with Crippen molar-refractivity contribution >= 4 is 10.0 Å². The zero-order valence-corrected chi connectivity index (χ0v) is 13.0. The highest BCUT2D eigenvalue weighted by molar-refractivity contribution is 7.89. The standard InChI is InChI=1S/C16H17FN2O2S/c1-12-9-14(13-4-6-15(17)7-5-13)11-19(12)22(20,21)16-3-2-8-18-10-16/h2-8,10,12,14H,9,11H2,1H3/t12-,14-/m1/s1. The van der Waals surface area contributed by atoms with Crippen molar-refractivity contribution in [1.29, 1.82) is 0 Å². The van der Waals surface area contributed by atoms with Crippen molar-refractivity contribution in [1.82, 2.24) is 9.29 Å². The molecule has 22 heavy (non-hydrogen) atoms. The highest BCUT2D eigenvalue weighted by atomic mass is 32.2. The van der Waals surface area contributed by atoms with Crippen molar-refractivity contribution in [2.45, 2.75) is 30.2 Å². The molecule has 1 fully saturated rings. The van der Waals surface area contributed by atoms with Crippen molar-refractivity contribution < 1.29 is 12.8 Å². The normalized spacial score (nSPS) is 22.8. The molecule has 4 nitrogen and oxygen atoms in total. The van der Waals surface area contributed by atoms with Gasteiger partial charge >= 0.3 is 0 Å². The number of hydrogen-bond donors (Lipinski definition) is 0. The van der Waals surface area contributed by atoms with E-state index in [-0.39, 0.29) is 22.7 Å². The molecule has 2 heterocycles. The van der Waals surface area contributed by atoms with Gasteiger partial charge in [-0.1, -0.05) is 12.1 Å². The Morgan fingerprint density at radius 1 is 1.23 bits per heavy atom. The number of rotatable bonds is 3. The number of halogens is 1. The van der Waals surface area contributed by atoms with Crippen LogP contribution in [-0.4, -0.2) is 30.3 Å². The molecule has 0 aliphatic carbocycles. The van der Waals surface area contributed by atoms with E-state index in [0.717, 1.165) is 12.0 Å². The SMILES string of the molecule is C[C@@H]1C[C@@H](c2ccc(F)cc2)CN1S(=O)(=O)c1cccnc1. The monoisotopic (exact) mass is 320 g/mol. The Balaban J connectivity index is 1.86. The highest BCUT2D eigenvalue weighted by Gasteiger charge is 2.38. The van der Waals surface area contributed by atoms with Gasteiger partial charge in [-0.15, -0.1) is 0 Å². The van der Waals surface area contributed by atoms with Gasteiger partial charge in [0.1, 0.15) is 10.7 Å². The summed E-state index contributed by atoms with van der Waals surface area (Å²) in [6.07, 6.45) is 3.64. The first-order valence-electron chi connectivity index (χ1n) is 7.16. The summed E-state index contributed by atoms with van der Waals surface area (Å²) in [7, 11) is -3.54. The summed E-state index contributed by atoms with van der Waals surface area (Å²) in [5.41, 5.74) is 0.970. The molecule has 3 rings (SSSR count). The first-order valence-corrected chi connectivity index (χ1v) is 8.60. The molecule has 1 aromatic carbocycles. The third-order valence-corrected chi connectivity index (χ3v) is 6.06. The first kappa shape index (κ1) is 15.1. The molecule has 1 aliphatic heterocycles. The molecule has 0 spiro atoms. The molecule has 116 valence electrons. The van der Waals surface area contributed by atoms with E-state index in [4.69, 9.17) is 0 Å². The van der Waals surface area contributed by atoms with Crippen LogP contribution in [0.5, 0.6) is 0 Å². The zero-order chi connectivity index (χ0) is 15.7. The molecule has 0 unspecified atom stereocenters. The minimum atomic E-state index is -3.54. The predicted molar refractivity (Wildman–Crippen MR) is 81.3 cm³/mol. The molecule has 0 saturated carbocycles. The van der Waals surface area contributed by atoms with E-state index in [2.05, 4.69) is 4.98 Å². The number of aromatic nitrogens is 1. The molecule has 1 saturated heterocycles. The molecule has 0 amide bonds. The van der Waals surface area contributed by atoms with E-state index in [9.17, 15) is 12.8 Å². The summed E-state index contributed by atoms with van der Waals surface area (Å²) in [4.78, 5) is 4.10. The number of nitrogens with zero attached hydrogens (tertiary/aromatic N) is 2. The van der Waals surface area contributed by atoms with Crippen molar-refractivity contribution in [2.24, 2.45) is 0 Å². The quantitative estimate of drug-likeness (QED) is 0.874. The molecular weight excluding hydrogens is 303 g/mol. The van der Waals surface area contributed by atoms with E-state index in [0.29, 0.717) is 6.54 Å². The van der Waals surface area contributed by atoms with Crippen LogP contribution in [0.15, 0.2) is 53.7 Å². The van der Waals surface area contributed by atoms with Crippen LogP contribution in [0.25, 0.3) is 0 Å². The predicted octanol–water partition coefficient (Wildman–Crippen LogP) is 2.79. The second-order valence-corrected chi connectivity index (χ2v) is 7.49. The molecule has 1 aromatic heterocycles. The van der Waals surface area contributed by atoms with Gasteiger partial charge < -0.3 is 0 Å². The fourth-order valence-electron chi connectivity index (χ4n) is 2.95. The van der Waals surface area contributed by atoms with Crippen LogP contribution in [0.4, 0.5) is 4.39 Å². The van der Waals surface area contributed by atoms with Gasteiger partial charge in [0.15, 0.2) is 0 Å².